The highest BCUT2D eigenvalue weighted by molar-refractivity contribution is 6.16. The molecule has 11 heteroatoms. The highest BCUT2D eigenvalue weighted by atomic mass is 19.1. The largest absolute Gasteiger partial charge is 0.378 e. The average Bonchev–Trinajstić information content (AvgIpc) is 3.37. The number of carbonyl (C=O) groups is 4. The van der Waals surface area contributed by atoms with E-state index in [2.05, 4.69) is 10.6 Å². The summed E-state index contributed by atoms with van der Waals surface area (Å²) in [4.78, 5) is 53.2. The van der Waals surface area contributed by atoms with Crippen LogP contribution < -0.4 is 10.6 Å². The molecule has 10 nitrogen and oxygen atoms in total. The number of carbonyl (C=O) groups excluding carboxylic acids is 4. The molecular weight excluding hydrogens is 481 g/mol. The van der Waals surface area contributed by atoms with Crippen molar-refractivity contribution in [3.63, 3.8) is 0 Å². The molecule has 3 aromatic rings. The third-order valence-electron chi connectivity index (χ3n) is 6.18. The van der Waals surface area contributed by atoms with E-state index in [1.54, 1.807) is 11.1 Å². The van der Waals surface area contributed by atoms with E-state index in [9.17, 15) is 23.6 Å². The molecule has 2 fully saturated rings. The molecule has 5 rings (SSSR count). The number of urea groups is 1. The number of nitrogens with zero attached hydrogens (tertiary/aromatic N) is 3. The van der Waals surface area contributed by atoms with E-state index in [1.165, 1.54) is 30.3 Å². The number of imide groups is 1. The van der Waals surface area contributed by atoms with Crippen molar-refractivity contribution in [1.29, 1.82) is 0 Å². The zero-order valence-corrected chi connectivity index (χ0v) is 19.8. The second-order valence-corrected chi connectivity index (χ2v) is 8.66. The number of hydrogen-bond acceptors (Lipinski definition) is 5. The number of nitrogens with one attached hydrogen (secondary N) is 2. The number of fused-ring (bicyclic) bond motifs is 1. The molecule has 3 heterocycles. The summed E-state index contributed by atoms with van der Waals surface area (Å²) in [5.74, 6) is -1.74. The van der Waals surface area contributed by atoms with Crippen LogP contribution in [0.15, 0.2) is 60.4 Å². The number of para-hydroxylation sites is 1. The second-order valence-electron chi connectivity index (χ2n) is 8.66. The van der Waals surface area contributed by atoms with Gasteiger partial charge in [-0.2, -0.15) is 0 Å². The maximum absolute atomic E-state index is 13.1. The van der Waals surface area contributed by atoms with Gasteiger partial charge >= 0.3 is 6.03 Å². The van der Waals surface area contributed by atoms with Crippen molar-refractivity contribution in [1.82, 2.24) is 19.7 Å². The SMILES string of the molecule is O=C(CN1C(=O)N/C(=C\c2cn(CC(=O)N3CCOCC3)c3ccccc23)C1=O)Nc1ccc(F)cc1. The van der Waals surface area contributed by atoms with Crippen LogP contribution >= 0.6 is 0 Å². The summed E-state index contributed by atoms with van der Waals surface area (Å²) in [6.07, 6.45) is 3.30. The summed E-state index contributed by atoms with van der Waals surface area (Å²) in [5.41, 5.74) is 1.81. The third kappa shape index (κ3) is 5.21. The predicted molar refractivity (Wildman–Crippen MR) is 133 cm³/mol. The average molecular weight is 506 g/mol. The first kappa shape index (κ1) is 24.2. The fraction of sp³-hybridized carbons (Fsp3) is 0.231. The molecule has 0 bridgehead atoms. The minimum absolute atomic E-state index is 0.0157. The molecular formula is C26H24FN5O5. The summed E-state index contributed by atoms with van der Waals surface area (Å²) in [6.45, 7) is 1.72. The Morgan fingerprint density at radius 1 is 1.03 bits per heavy atom. The zero-order chi connectivity index (χ0) is 25.9. The van der Waals surface area contributed by atoms with Crippen LogP contribution in [-0.4, -0.2) is 71.0 Å². The summed E-state index contributed by atoms with van der Waals surface area (Å²) >= 11 is 0. The standard InChI is InChI=1S/C26H24FN5O5/c27-18-5-7-19(8-6-18)28-23(33)15-32-25(35)21(29-26(32)36)13-17-14-31(22-4-2-1-3-20(17)22)16-24(34)30-9-11-37-12-10-30/h1-8,13-14H,9-12,15-16H2,(H,28,33)(H,29,36)/b21-13-. The number of rotatable bonds is 6. The highest BCUT2D eigenvalue weighted by Crippen LogP contribution is 2.25. The van der Waals surface area contributed by atoms with Crippen molar-refractivity contribution in [3.05, 3.63) is 71.8 Å². The molecule has 0 atom stereocenters. The first-order valence-corrected chi connectivity index (χ1v) is 11.7. The minimum Gasteiger partial charge on any atom is -0.378 e. The molecule has 5 amide bonds. The lowest BCUT2D eigenvalue weighted by Crippen LogP contribution is -2.42. The lowest BCUT2D eigenvalue weighted by molar-refractivity contribution is -0.135. The van der Waals surface area contributed by atoms with Crippen molar-refractivity contribution >= 4 is 46.4 Å². The quantitative estimate of drug-likeness (QED) is 0.394. The summed E-state index contributed by atoms with van der Waals surface area (Å²) in [7, 11) is 0. The number of benzene rings is 2. The highest BCUT2D eigenvalue weighted by Gasteiger charge is 2.35. The minimum atomic E-state index is -0.725. The first-order chi connectivity index (χ1) is 17.9. The van der Waals surface area contributed by atoms with Gasteiger partial charge in [0.25, 0.3) is 5.91 Å². The summed E-state index contributed by atoms with van der Waals surface area (Å²) in [5, 5.41) is 5.85. The smallest absolute Gasteiger partial charge is 0.329 e. The van der Waals surface area contributed by atoms with E-state index in [1.807, 2.05) is 28.8 Å². The van der Waals surface area contributed by atoms with Gasteiger partial charge < -0.3 is 24.8 Å². The summed E-state index contributed by atoms with van der Waals surface area (Å²) in [6, 6.07) is 11.9. The van der Waals surface area contributed by atoms with Gasteiger partial charge in [-0.1, -0.05) is 18.2 Å². The van der Waals surface area contributed by atoms with Gasteiger partial charge in [0, 0.05) is 41.4 Å². The monoisotopic (exact) mass is 505 g/mol. The third-order valence-corrected chi connectivity index (χ3v) is 6.18. The molecule has 37 heavy (non-hydrogen) atoms. The van der Waals surface area contributed by atoms with E-state index in [-0.39, 0.29) is 18.1 Å². The van der Waals surface area contributed by atoms with Gasteiger partial charge in [0.05, 0.1) is 13.2 Å². The molecule has 2 aromatic carbocycles. The Bertz CT molecular complexity index is 1410. The fourth-order valence-corrected chi connectivity index (χ4v) is 4.33. The number of ether oxygens (including phenoxy) is 1. The van der Waals surface area contributed by atoms with Crippen molar-refractivity contribution in [2.45, 2.75) is 6.54 Å². The first-order valence-electron chi connectivity index (χ1n) is 11.7. The van der Waals surface area contributed by atoms with E-state index in [0.717, 1.165) is 15.8 Å². The number of morpholine rings is 1. The number of hydrogen-bond donors (Lipinski definition) is 2. The Hall–Kier alpha value is -4.51. The predicted octanol–water partition coefficient (Wildman–Crippen LogP) is 2.17. The van der Waals surface area contributed by atoms with E-state index in [0.29, 0.717) is 37.6 Å². The van der Waals surface area contributed by atoms with Gasteiger partial charge in [-0.15, -0.1) is 0 Å². The van der Waals surface area contributed by atoms with Crippen LogP contribution in [0, 0.1) is 5.82 Å². The molecule has 1 aromatic heterocycles. The van der Waals surface area contributed by atoms with Crippen LogP contribution in [0.4, 0.5) is 14.9 Å². The number of amides is 5. The Balaban J connectivity index is 1.33. The van der Waals surface area contributed by atoms with E-state index >= 15 is 0 Å². The van der Waals surface area contributed by atoms with Gasteiger partial charge in [0.1, 0.15) is 24.6 Å². The summed E-state index contributed by atoms with van der Waals surface area (Å²) < 4.78 is 20.2. The van der Waals surface area contributed by atoms with Gasteiger partial charge in [-0.3, -0.25) is 14.4 Å². The maximum atomic E-state index is 13.1. The van der Waals surface area contributed by atoms with Crippen molar-refractivity contribution in [3.8, 4) is 0 Å². The molecule has 2 aliphatic rings. The zero-order valence-electron chi connectivity index (χ0n) is 19.8. The normalized spacial score (nSPS) is 16.9. The van der Waals surface area contributed by atoms with Crippen molar-refractivity contribution in [2.24, 2.45) is 0 Å². The van der Waals surface area contributed by atoms with Gasteiger partial charge in [0.15, 0.2) is 0 Å². The van der Waals surface area contributed by atoms with Crippen LogP contribution in [-0.2, 0) is 25.7 Å². The van der Waals surface area contributed by atoms with Crippen LogP contribution in [0.3, 0.4) is 0 Å². The number of halogens is 1. The lowest BCUT2D eigenvalue weighted by Gasteiger charge is -2.27. The van der Waals surface area contributed by atoms with E-state index in [4.69, 9.17) is 4.74 Å². The van der Waals surface area contributed by atoms with Gasteiger partial charge in [-0.05, 0) is 36.4 Å². The van der Waals surface area contributed by atoms with Gasteiger partial charge in [-0.25, -0.2) is 14.1 Å². The second kappa shape index (κ2) is 10.2. The van der Waals surface area contributed by atoms with Gasteiger partial charge in [0.2, 0.25) is 11.8 Å². The lowest BCUT2D eigenvalue weighted by atomic mass is 10.1. The Morgan fingerprint density at radius 2 is 1.76 bits per heavy atom. The molecule has 0 radical (unpaired) electrons. The topological polar surface area (TPSA) is 113 Å². The van der Waals surface area contributed by atoms with Crippen LogP contribution in [0.2, 0.25) is 0 Å². The number of anilines is 1. The van der Waals surface area contributed by atoms with Crippen LogP contribution in [0.25, 0.3) is 17.0 Å². The Kier molecular flexibility index (Phi) is 6.69. The van der Waals surface area contributed by atoms with Crippen LogP contribution in [0.5, 0.6) is 0 Å². The van der Waals surface area contributed by atoms with Crippen LogP contribution in [0.1, 0.15) is 5.56 Å². The molecule has 190 valence electrons. The molecule has 2 N–H and O–H groups in total. The molecule has 0 unspecified atom stereocenters. The Labute approximate surface area is 211 Å². The molecule has 0 saturated carbocycles. The molecule has 0 aliphatic carbocycles. The Morgan fingerprint density at radius 3 is 2.51 bits per heavy atom. The van der Waals surface area contributed by atoms with E-state index < -0.39 is 30.2 Å². The number of aromatic nitrogens is 1. The maximum Gasteiger partial charge on any atom is 0.329 e. The van der Waals surface area contributed by atoms with Crippen molar-refractivity contribution in [2.75, 3.05) is 38.2 Å². The van der Waals surface area contributed by atoms with Crippen molar-refractivity contribution < 1.29 is 28.3 Å². The fourth-order valence-electron chi connectivity index (χ4n) is 4.33. The molecule has 2 aliphatic heterocycles. The molecule has 2 saturated heterocycles. The molecule has 0 spiro atoms.